The first-order valence-electron chi connectivity index (χ1n) is 11.6. The Bertz CT molecular complexity index is 1300. The maximum Gasteiger partial charge on any atom is 0.338 e. The van der Waals surface area contributed by atoms with E-state index in [1.807, 2.05) is 0 Å². The van der Waals surface area contributed by atoms with Crippen molar-refractivity contribution in [3.8, 4) is 23.0 Å². The molecule has 38 heavy (non-hydrogen) atoms. The Labute approximate surface area is 217 Å². The lowest BCUT2D eigenvalue weighted by molar-refractivity contribution is -0.178. The van der Waals surface area contributed by atoms with Gasteiger partial charge in [-0.15, -0.1) is 0 Å². The Morgan fingerprint density at radius 3 is 1.92 bits per heavy atom. The molecule has 1 aliphatic heterocycles. The van der Waals surface area contributed by atoms with Gasteiger partial charge >= 0.3 is 17.9 Å². The highest BCUT2D eigenvalue weighted by atomic mass is 16.6. The van der Waals surface area contributed by atoms with E-state index in [0.29, 0.717) is 11.1 Å². The number of aliphatic hydroxyl groups is 1. The van der Waals surface area contributed by atoms with Crippen LogP contribution in [-0.4, -0.2) is 71.4 Å². The van der Waals surface area contributed by atoms with Gasteiger partial charge in [-0.05, 0) is 47.5 Å². The van der Waals surface area contributed by atoms with Crippen molar-refractivity contribution in [3.63, 3.8) is 0 Å². The molecule has 11 heteroatoms. The average Bonchev–Trinajstić information content (AvgIpc) is 3.13. The van der Waals surface area contributed by atoms with Gasteiger partial charge in [-0.25, -0.2) is 14.4 Å². The van der Waals surface area contributed by atoms with Crippen LogP contribution >= 0.6 is 0 Å². The number of hydrogen-bond acceptors (Lipinski definition) is 11. The number of carbonyl (C=O) groups excluding carboxylic acids is 3. The molecule has 0 amide bonds. The summed E-state index contributed by atoms with van der Waals surface area (Å²) in [5.41, 5.74) is -0.887. The van der Waals surface area contributed by atoms with E-state index in [0.717, 1.165) is 12.2 Å². The monoisotopic (exact) mass is 526 g/mol. The largest absolute Gasteiger partial charge is 0.504 e. The summed E-state index contributed by atoms with van der Waals surface area (Å²) >= 11 is 0. The zero-order valence-electron chi connectivity index (χ0n) is 20.5. The van der Waals surface area contributed by atoms with Crippen molar-refractivity contribution in [2.75, 3.05) is 14.2 Å². The molecule has 200 valence electrons. The smallest absolute Gasteiger partial charge is 0.338 e. The lowest BCUT2D eigenvalue weighted by atomic mass is 9.82. The first-order chi connectivity index (χ1) is 18.1. The minimum Gasteiger partial charge on any atom is -0.504 e. The summed E-state index contributed by atoms with van der Waals surface area (Å²) in [5.74, 6) is -2.22. The zero-order valence-corrected chi connectivity index (χ0v) is 20.5. The predicted octanol–water partition coefficient (Wildman–Crippen LogP) is 2.12. The Hall–Kier alpha value is -4.51. The summed E-state index contributed by atoms with van der Waals surface area (Å²) in [6.07, 6.45) is 1.21. The van der Waals surface area contributed by atoms with Gasteiger partial charge in [0.2, 0.25) is 0 Å². The van der Waals surface area contributed by atoms with Crippen LogP contribution in [-0.2, 0) is 28.6 Å². The quantitative estimate of drug-likeness (QED) is 0.263. The van der Waals surface area contributed by atoms with Crippen molar-refractivity contribution < 1.29 is 53.4 Å². The van der Waals surface area contributed by atoms with Crippen LogP contribution in [0.5, 0.6) is 23.0 Å². The van der Waals surface area contributed by atoms with Gasteiger partial charge in [-0.1, -0.05) is 12.1 Å². The Kier molecular flexibility index (Phi) is 7.58. The van der Waals surface area contributed by atoms with Crippen molar-refractivity contribution >= 4 is 30.1 Å². The molecule has 11 nitrogen and oxygen atoms in total. The molecule has 4 atom stereocenters. The number of hydrogen-bond donors (Lipinski definition) is 3. The summed E-state index contributed by atoms with van der Waals surface area (Å²) in [5, 5.41) is 30.4. The third-order valence-corrected chi connectivity index (χ3v) is 6.20. The lowest BCUT2D eigenvalue weighted by Gasteiger charge is -2.35. The van der Waals surface area contributed by atoms with Crippen LogP contribution < -0.4 is 9.47 Å². The minimum atomic E-state index is -1.86. The number of carbonyl (C=O) groups is 3. The number of benzene rings is 2. The molecule has 2 bridgehead atoms. The minimum absolute atomic E-state index is 0.114. The summed E-state index contributed by atoms with van der Waals surface area (Å²) < 4.78 is 26.1. The van der Waals surface area contributed by atoms with Gasteiger partial charge in [0.15, 0.2) is 34.7 Å². The van der Waals surface area contributed by atoms with Crippen molar-refractivity contribution in [2.24, 2.45) is 0 Å². The van der Waals surface area contributed by atoms with E-state index >= 15 is 0 Å². The van der Waals surface area contributed by atoms with Crippen LogP contribution in [0, 0.1) is 0 Å². The van der Waals surface area contributed by atoms with Crippen LogP contribution in [0.2, 0.25) is 0 Å². The van der Waals surface area contributed by atoms with Crippen LogP contribution in [0.25, 0.3) is 12.2 Å². The Morgan fingerprint density at radius 1 is 0.895 bits per heavy atom. The summed E-state index contributed by atoms with van der Waals surface area (Å²) in [6, 6.07) is 9.05. The molecule has 1 saturated carbocycles. The first-order valence-corrected chi connectivity index (χ1v) is 11.6. The number of methoxy groups -OCH3 is 2. The number of ether oxygens (including phenoxy) is 5. The van der Waals surface area contributed by atoms with Gasteiger partial charge in [0.05, 0.1) is 14.2 Å². The average molecular weight is 526 g/mol. The normalized spacial score (nSPS) is 24.3. The zero-order chi connectivity index (χ0) is 27.4. The number of phenols is 2. The summed E-state index contributed by atoms with van der Waals surface area (Å²) in [7, 11) is 2.82. The third-order valence-electron chi connectivity index (χ3n) is 6.20. The van der Waals surface area contributed by atoms with Crippen LogP contribution in [0.4, 0.5) is 0 Å². The molecule has 2 aliphatic rings. The van der Waals surface area contributed by atoms with E-state index in [4.69, 9.17) is 23.7 Å². The van der Waals surface area contributed by atoms with Crippen LogP contribution in [0.15, 0.2) is 48.6 Å². The maximum absolute atomic E-state index is 12.6. The molecule has 3 N–H and O–H groups in total. The molecule has 4 rings (SSSR count). The second-order valence-electron chi connectivity index (χ2n) is 8.79. The second kappa shape index (κ2) is 10.9. The molecule has 0 spiro atoms. The SMILES string of the molecule is COc1ccc(C=CC(=O)OC2CC3(O)CC(OC3=O)C2OC(=O)C=Cc2ccc(OC)c(O)c2)cc1O. The highest BCUT2D eigenvalue weighted by Gasteiger charge is 2.60. The summed E-state index contributed by atoms with van der Waals surface area (Å²) in [4.78, 5) is 37.3. The third kappa shape index (κ3) is 5.73. The molecule has 1 saturated heterocycles. The molecule has 2 fully saturated rings. The van der Waals surface area contributed by atoms with Crippen molar-refractivity contribution in [1.82, 2.24) is 0 Å². The fourth-order valence-corrected chi connectivity index (χ4v) is 4.32. The second-order valence-corrected chi connectivity index (χ2v) is 8.79. The summed E-state index contributed by atoms with van der Waals surface area (Å²) in [6.45, 7) is 0. The molecule has 1 aliphatic carbocycles. The van der Waals surface area contributed by atoms with Gasteiger partial charge in [0.25, 0.3) is 0 Å². The fourth-order valence-electron chi connectivity index (χ4n) is 4.32. The van der Waals surface area contributed by atoms with E-state index in [9.17, 15) is 29.7 Å². The Balaban J connectivity index is 1.45. The van der Waals surface area contributed by atoms with Crippen molar-refractivity contribution in [2.45, 2.75) is 36.8 Å². The highest BCUT2D eigenvalue weighted by molar-refractivity contribution is 5.89. The lowest BCUT2D eigenvalue weighted by Crippen LogP contribution is -2.51. The number of rotatable bonds is 8. The number of phenolic OH excluding ortho intramolecular Hbond substituents is 2. The predicted molar refractivity (Wildman–Crippen MR) is 131 cm³/mol. The molecular weight excluding hydrogens is 500 g/mol. The van der Waals surface area contributed by atoms with E-state index in [1.54, 1.807) is 12.1 Å². The van der Waals surface area contributed by atoms with Gasteiger partial charge in [-0.2, -0.15) is 0 Å². The van der Waals surface area contributed by atoms with E-state index in [1.165, 1.54) is 50.6 Å². The molecule has 1 heterocycles. The molecule has 2 aromatic carbocycles. The maximum atomic E-state index is 12.6. The van der Waals surface area contributed by atoms with Crippen LogP contribution in [0.1, 0.15) is 24.0 Å². The van der Waals surface area contributed by atoms with Gasteiger partial charge < -0.3 is 39.0 Å². The van der Waals surface area contributed by atoms with E-state index in [-0.39, 0.29) is 35.8 Å². The fraction of sp³-hybridized carbons (Fsp3) is 0.296. The number of fused-ring (bicyclic) bond motifs is 2. The van der Waals surface area contributed by atoms with Gasteiger partial charge in [0.1, 0.15) is 12.2 Å². The van der Waals surface area contributed by atoms with Crippen molar-refractivity contribution in [3.05, 3.63) is 59.7 Å². The van der Waals surface area contributed by atoms with Gasteiger partial charge in [0, 0.05) is 25.0 Å². The highest BCUT2D eigenvalue weighted by Crippen LogP contribution is 2.41. The van der Waals surface area contributed by atoms with Crippen molar-refractivity contribution in [1.29, 1.82) is 0 Å². The molecule has 0 radical (unpaired) electrons. The molecule has 0 aromatic heterocycles. The molecular formula is C27H26O11. The van der Waals surface area contributed by atoms with E-state index in [2.05, 4.69) is 0 Å². The van der Waals surface area contributed by atoms with Gasteiger partial charge in [-0.3, -0.25) is 0 Å². The van der Waals surface area contributed by atoms with E-state index < -0.39 is 41.8 Å². The molecule has 4 unspecified atom stereocenters. The topological polar surface area (TPSA) is 158 Å². The van der Waals surface area contributed by atoms with Crippen LogP contribution in [0.3, 0.4) is 0 Å². The number of esters is 3. The number of aromatic hydroxyl groups is 2. The Morgan fingerprint density at radius 2 is 1.42 bits per heavy atom. The molecule has 2 aromatic rings. The standard InChI is InChI=1S/C27H26O11/c1-34-19-7-3-15(11-17(19)28)5-9-23(30)36-21-13-27(33)14-22(37-26(27)32)25(21)38-24(31)10-6-16-4-8-20(35-2)18(29)12-16/h3-12,21-22,25,28-29,33H,13-14H2,1-2H3. The first kappa shape index (κ1) is 26.6.